The number of nitrogens with one attached hydrogen (secondary N) is 2. The third-order valence-corrected chi connectivity index (χ3v) is 5.51. The Balaban J connectivity index is 2.17. The second kappa shape index (κ2) is 7.36. The van der Waals surface area contributed by atoms with E-state index in [4.69, 9.17) is 4.74 Å². The number of rotatable bonds is 6. The summed E-state index contributed by atoms with van der Waals surface area (Å²) >= 11 is 0. The van der Waals surface area contributed by atoms with Gasteiger partial charge in [-0.3, -0.25) is 4.79 Å². The number of ether oxygens (including phenoxy) is 1. The van der Waals surface area contributed by atoms with Crippen LogP contribution in [0.25, 0.3) is 0 Å². The van der Waals surface area contributed by atoms with Gasteiger partial charge in [0.2, 0.25) is 10.0 Å². The first-order chi connectivity index (χ1) is 11.9. The molecule has 7 nitrogen and oxygen atoms in total. The fourth-order valence-electron chi connectivity index (χ4n) is 2.27. The van der Waals surface area contributed by atoms with Gasteiger partial charge in [-0.2, -0.15) is 0 Å². The molecule has 1 aliphatic carbocycles. The number of benzene rings is 1. The second-order valence-corrected chi connectivity index (χ2v) is 9.35. The molecule has 144 valence electrons. The van der Waals surface area contributed by atoms with Gasteiger partial charge in [-0.1, -0.05) is 6.07 Å². The lowest BCUT2D eigenvalue weighted by Crippen LogP contribution is -2.40. The zero-order valence-corrected chi connectivity index (χ0v) is 16.6. The van der Waals surface area contributed by atoms with Crippen molar-refractivity contribution in [2.24, 2.45) is 0 Å². The van der Waals surface area contributed by atoms with Crippen molar-refractivity contribution in [3.05, 3.63) is 29.3 Å². The highest BCUT2D eigenvalue weighted by molar-refractivity contribution is 7.89. The Morgan fingerprint density at radius 3 is 2.38 bits per heavy atom. The van der Waals surface area contributed by atoms with E-state index in [9.17, 15) is 18.0 Å². The van der Waals surface area contributed by atoms with Crippen molar-refractivity contribution in [3.8, 4) is 0 Å². The molecule has 1 aromatic rings. The van der Waals surface area contributed by atoms with Crippen LogP contribution in [0.5, 0.6) is 0 Å². The Hall–Kier alpha value is -1.93. The molecule has 0 bridgehead atoms. The molecule has 0 unspecified atom stereocenters. The number of esters is 1. The zero-order valence-electron chi connectivity index (χ0n) is 15.8. The first kappa shape index (κ1) is 20.4. The van der Waals surface area contributed by atoms with Crippen molar-refractivity contribution < 1.29 is 22.7 Å². The maximum atomic E-state index is 12.5. The molecular formula is C18H26N2O5S. The number of aryl methyl sites for hydroxylation is 1. The van der Waals surface area contributed by atoms with Crippen LogP contribution in [0.15, 0.2) is 23.1 Å². The molecule has 1 aromatic carbocycles. The number of sulfonamides is 1. The summed E-state index contributed by atoms with van der Waals surface area (Å²) in [6.07, 6.45) is 0.925. The average Bonchev–Trinajstić information content (AvgIpc) is 3.28. The molecule has 0 radical (unpaired) electrons. The SMILES string of the molecule is Cc1ccc(S(=O)(=O)NC(C)(C)C)cc1C(=O)O[C@@H](C)C(=O)NC1CC1. The van der Waals surface area contributed by atoms with E-state index in [1.54, 1.807) is 33.8 Å². The third kappa shape index (κ3) is 5.54. The van der Waals surface area contributed by atoms with E-state index in [0.717, 1.165) is 12.8 Å². The standard InChI is InChI=1S/C18H26N2O5S/c1-11-6-9-14(26(23,24)20-18(3,4)5)10-15(11)17(22)25-12(2)16(21)19-13-7-8-13/h6,9-10,12-13,20H,7-8H2,1-5H3,(H,19,21)/t12-/m0/s1. The molecule has 2 N–H and O–H groups in total. The number of carbonyl (C=O) groups is 2. The largest absolute Gasteiger partial charge is 0.449 e. The molecule has 0 spiro atoms. The van der Waals surface area contributed by atoms with Gasteiger partial charge in [0.05, 0.1) is 10.5 Å². The van der Waals surface area contributed by atoms with Crippen LogP contribution in [0.4, 0.5) is 0 Å². The Bertz CT molecular complexity index is 807. The molecule has 8 heteroatoms. The second-order valence-electron chi connectivity index (χ2n) is 7.66. The summed E-state index contributed by atoms with van der Waals surface area (Å²) in [7, 11) is -3.78. The van der Waals surface area contributed by atoms with E-state index in [-0.39, 0.29) is 22.4 Å². The van der Waals surface area contributed by atoms with Crippen LogP contribution in [-0.2, 0) is 19.6 Å². The van der Waals surface area contributed by atoms with Gasteiger partial charge in [-0.15, -0.1) is 0 Å². The van der Waals surface area contributed by atoms with E-state index >= 15 is 0 Å². The van der Waals surface area contributed by atoms with Crippen LogP contribution in [0, 0.1) is 6.92 Å². The average molecular weight is 382 g/mol. The molecule has 1 saturated carbocycles. The van der Waals surface area contributed by atoms with Gasteiger partial charge in [0.15, 0.2) is 6.10 Å². The predicted molar refractivity (Wildman–Crippen MR) is 97.3 cm³/mol. The minimum atomic E-state index is -3.78. The van der Waals surface area contributed by atoms with Crippen LogP contribution in [-0.4, -0.2) is 38.0 Å². The molecule has 1 amide bonds. The van der Waals surface area contributed by atoms with Crippen LogP contribution >= 0.6 is 0 Å². The van der Waals surface area contributed by atoms with Crippen molar-refractivity contribution in [2.45, 2.75) is 70.0 Å². The summed E-state index contributed by atoms with van der Waals surface area (Å²) in [5.41, 5.74) is 0.0344. The summed E-state index contributed by atoms with van der Waals surface area (Å²) in [6.45, 7) is 8.36. The van der Waals surface area contributed by atoms with Gasteiger partial charge in [0.25, 0.3) is 5.91 Å². The smallest absolute Gasteiger partial charge is 0.339 e. The fraction of sp³-hybridized carbons (Fsp3) is 0.556. The highest BCUT2D eigenvalue weighted by Crippen LogP contribution is 2.20. The zero-order chi connectivity index (χ0) is 19.7. The monoisotopic (exact) mass is 382 g/mol. The summed E-state index contributed by atoms with van der Waals surface area (Å²) in [5.74, 6) is -1.08. The molecule has 0 saturated heterocycles. The van der Waals surface area contributed by atoms with Gasteiger partial charge in [0.1, 0.15) is 0 Å². The molecule has 2 rings (SSSR count). The lowest BCUT2D eigenvalue weighted by Gasteiger charge is -2.21. The van der Waals surface area contributed by atoms with Crippen molar-refractivity contribution >= 4 is 21.9 Å². The normalized spacial score (nSPS) is 16.0. The minimum absolute atomic E-state index is 0.0277. The number of hydrogen-bond donors (Lipinski definition) is 2. The molecule has 0 aliphatic heterocycles. The van der Waals surface area contributed by atoms with Crippen molar-refractivity contribution in [1.29, 1.82) is 0 Å². The summed E-state index contributed by atoms with van der Waals surface area (Å²) in [5, 5.41) is 2.76. The summed E-state index contributed by atoms with van der Waals surface area (Å²) in [6, 6.07) is 4.42. The molecule has 1 atom stereocenters. The van der Waals surface area contributed by atoms with Gasteiger partial charge in [-0.25, -0.2) is 17.9 Å². The van der Waals surface area contributed by atoms with Gasteiger partial charge >= 0.3 is 5.97 Å². The molecule has 0 heterocycles. The summed E-state index contributed by atoms with van der Waals surface area (Å²) < 4.78 is 32.7. The molecule has 1 aliphatic rings. The highest BCUT2D eigenvalue weighted by Gasteiger charge is 2.28. The predicted octanol–water partition coefficient (Wildman–Crippen LogP) is 1.90. The topological polar surface area (TPSA) is 102 Å². The Morgan fingerprint density at radius 2 is 1.85 bits per heavy atom. The van der Waals surface area contributed by atoms with Crippen LogP contribution in [0.1, 0.15) is 56.5 Å². The van der Waals surface area contributed by atoms with Crippen molar-refractivity contribution in [1.82, 2.24) is 10.0 Å². The number of amides is 1. The van der Waals surface area contributed by atoms with Gasteiger partial charge in [-0.05, 0) is 65.2 Å². The van der Waals surface area contributed by atoms with Gasteiger partial charge < -0.3 is 10.1 Å². The fourth-order valence-corrected chi connectivity index (χ4v) is 3.72. The van der Waals surface area contributed by atoms with Crippen molar-refractivity contribution in [3.63, 3.8) is 0 Å². The highest BCUT2D eigenvalue weighted by atomic mass is 32.2. The number of carbonyl (C=O) groups excluding carboxylic acids is 2. The van der Waals surface area contributed by atoms with E-state index < -0.39 is 27.6 Å². The van der Waals surface area contributed by atoms with Crippen molar-refractivity contribution in [2.75, 3.05) is 0 Å². The Morgan fingerprint density at radius 1 is 1.23 bits per heavy atom. The molecular weight excluding hydrogens is 356 g/mol. The third-order valence-electron chi connectivity index (χ3n) is 3.76. The Labute approximate surface area is 154 Å². The molecule has 26 heavy (non-hydrogen) atoms. The lowest BCUT2D eigenvalue weighted by molar-refractivity contribution is -0.129. The van der Waals surface area contributed by atoms with Gasteiger partial charge in [0, 0.05) is 11.6 Å². The van der Waals surface area contributed by atoms with Crippen LogP contribution < -0.4 is 10.0 Å². The first-order valence-corrected chi connectivity index (χ1v) is 10.0. The minimum Gasteiger partial charge on any atom is -0.449 e. The van der Waals surface area contributed by atoms with E-state index in [1.807, 2.05) is 0 Å². The Kier molecular flexibility index (Phi) is 5.77. The van der Waals surface area contributed by atoms with E-state index in [2.05, 4.69) is 10.0 Å². The lowest BCUT2D eigenvalue weighted by atomic mass is 10.1. The quantitative estimate of drug-likeness (QED) is 0.732. The molecule has 0 aromatic heterocycles. The summed E-state index contributed by atoms with van der Waals surface area (Å²) in [4.78, 5) is 24.3. The number of hydrogen-bond acceptors (Lipinski definition) is 5. The maximum Gasteiger partial charge on any atom is 0.339 e. The first-order valence-electron chi connectivity index (χ1n) is 8.55. The van der Waals surface area contributed by atoms with E-state index in [0.29, 0.717) is 5.56 Å². The molecule has 1 fully saturated rings. The van der Waals surface area contributed by atoms with Crippen LogP contribution in [0.3, 0.4) is 0 Å². The maximum absolute atomic E-state index is 12.5. The van der Waals surface area contributed by atoms with Crippen LogP contribution in [0.2, 0.25) is 0 Å². The van der Waals surface area contributed by atoms with E-state index in [1.165, 1.54) is 19.1 Å².